The molecule has 2 aliphatic rings. The molecule has 0 amide bonds. The van der Waals surface area contributed by atoms with Crippen molar-refractivity contribution >= 4 is 12.2 Å². The van der Waals surface area contributed by atoms with E-state index in [2.05, 4.69) is 10.3 Å². The molecule has 0 radical (unpaired) electrons. The summed E-state index contributed by atoms with van der Waals surface area (Å²) in [5, 5.41) is 3.14. The van der Waals surface area contributed by atoms with E-state index in [1.165, 1.54) is 25.3 Å². The van der Waals surface area contributed by atoms with Crippen LogP contribution in [0, 0.1) is 5.92 Å². The van der Waals surface area contributed by atoms with Crippen LogP contribution in [-0.4, -0.2) is 43.8 Å². The zero-order valence-corrected chi connectivity index (χ0v) is 15.3. The molecule has 0 aromatic heterocycles. The highest BCUT2D eigenvalue weighted by molar-refractivity contribution is 5.79. The van der Waals surface area contributed by atoms with Crippen molar-refractivity contribution in [3.8, 4) is 0 Å². The summed E-state index contributed by atoms with van der Waals surface area (Å²) < 4.78 is 32.5. The van der Waals surface area contributed by atoms with Crippen molar-refractivity contribution in [1.82, 2.24) is 5.32 Å². The Labute approximate surface area is 153 Å². The van der Waals surface area contributed by atoms with Gasteiger partial charge in [-0.15, -0.1) is 0 Å². The Morgan fingerprint density at radius 2 is 2.12 bits per heavy atom. The Hall–Kier alpha value is -1.92. The molecule has 0 bridgehead atoms. The smallest absolute Gasteiger partial charge is 0.188 e. The van der Waals surface area contributed by atoms with E-state index in [0.29, 0.717) is 12.3 Å². The van der Waals surface area contributed by atoms with Crippen molar-refractivity contribution in [2.24, 2.45) is 16.6 Å². The van der Waals surface area contributed by atoms with Crippen LogP contribution in [0.2, 0.25) is 0 Å². The topological polar surface area (TPSA) is 76.7 Å². The number of halogens is 2. The number of allylic oxidation sites excluding steroid dienone is 3. The summed E-state index contributed by atoms with van der Waals surface area (Å²) in [6.45, 7) is 0.123. The third-order valence-electron chi connectivity index (χ3n) is 5.10. The predicted octanol–water partition coefficient (Wildman–Crippen LogP) is 2.97. The monoisotopic (exact) mass is 369 g/mol. The highest BCUT2D eigenvalue weighted by Gasteiger charge is 2.35. The highest BCUT2D eigenvalue weighted by atomic mass is 19.2. The molecule has 3 N–H and O–H groups in total. The summed E-state index contributed by atoms with van der Waals surface area (Å²) in [6, 6.07) is 0. The molecule has 2 aliphatic carbocycles. The Kier molecular flexibility index (Phi) is 7.60. The molecule has 0 heterocycles. The molecule has 1 fully saturated rings. The van der Waals surface area contributed by atoms with E-state index < -0.39 is 17.9 Å². The minimum Gasteiger partial charge on any atom is -0.491 e. The molecule has 146 valence electrons. The maximum absolute atomic E-state index is 13.5. The second-order valence-corrected chi connectivity index (χ2v) is 7.20. The zero-order valence-electron chi connectivity index (χ0n) is 15.3. The molecule has 3 unspecified atom stereocenters. The molecule has 0 aromatic carbocycles. The van der Waals surface area contributed by atoms with Crippen LogP contribution in [0.4, 0.5) is 8.78 Å². The van der Waals surface area contributed by atoms with Crippen LogP contribution in [0.5, 0.6) is 0 Å². The number of guanidine groups is 1. The number of nitrogens with zero attached hydrogens (tertiary/aromatic N) is 1. The normalized spacial score (nSPS) is 26.7. The van der Waals surface area contributed by atoms with Gasteiger partial charge < -0.3 is 20.6 Å². The number of hydrogen-bond donors (Lipinski definition) is 2. The molecule has 3 atom stereocenters. The largest absolute Gasteiger partial charge is 0.491 e. The number of rotatable bonds is 8. The van der Waals surface area contributed by atoms with Crippen molar-refractivity contribution < 1.29 is 18.3 Å². The first kappa shape index (κ1) is 20.4. The Morgan fingerprint density at radius 1 is 1.38 bits per heavy atom. The lowest BCUT2D eigenvalue weighted by Crippen LogP contribution is -2.55. The van der Waals surface area contributed by atoms with Crippen molar-refractivity contribution in [2.75, 3.05) is 13.7 Å². The first-order chi connectivity index (χ1) is 12.5. The van der Waals surface area contributed by atoms with E-state index in [1.54, 1.807) is 7.05 Å². The minimum atomic E-state index is -1.72. The highest BCUT2D eigenvalue weighted by Crippen LogP contribution is 2.33. The van der Waals surface area contributed by atoms with Gasteiger partial charge in [-0.1, -0.05) is 32.1 Å². The van der Waals surface area contributed by atoms with E-state index in [9.17, 15) is 13.6 Å². The fraction of sp³-hybridized carbons (Fsp3) is 0.684. The maximum atomic E-state index is 13.5. The number of aldehydes is 1. The van der Waals surface area contributed by atoms with Crippen LogP contribution in [0.25, 0.3) is 0 Å². The first-order valence-corrected chi connectivity index (χ1v) is 9.23. The Balaban J connectivity index is 2.12. The van der Waals surface area contributed by atoms with Crippen LogP contribution >= 0.6 is 0 Å². The van der Waals surface area contributed by atoms with E-state index in [1.807, 2.05) is 0 Å². The second kappa shape index (κ2) is 9.69. The van der Waals surface area contributed by atoms with E-state index in [-0.39, 0.29) is 24.7 Å². The SMILES string of the molecule is CN=C(N)NC(CC=O)(COC1=CC(F)C(F)C=C1)CC1CCCCC1. The van der Waals surface area contributed by atoms with Gasteiger partial charge in [0.1, 0.15) is 18.7 Å². The average Bonchev–Trinajstić information content (AvgIpc) is 2.63. The molecule has 26 heavy (non-hydrogen) atoms. The number of nitrogens with one attached hydrogen (secondary N) is 1. The van der Waals surface area contributed by atoms with Gasteiger partial charge in [0.15, 0.2) is 18.3 Å². The first-order valence-electron chi connectivity index (χ1n) is 9.23. The minimum absolute atomic E-state index is 0.123. The van der Waals surface area contributed by atoms with Gasteiger partial charge in [-0.25, -0.2) is 8.78 Å². The molecule has 2 rings (SSSR count). The van der Waals surface area contributed by atoms with Crippen LogP contribution < -0.4 is 11.1 Å². The number of aliphatic imine (C=N–C) groups is 1. The van der Waals surface area contributed by atoms with E-state index in [0.717, 1.165) is 31.3 Å². The predicted molar refractivity (Wildman–Crippen MR) is 98.3 cm³/mol. The third kappa shape index (κ3) is 5.81. The van der Waals surface area contributed by atoms with Crippen molar-refractivity contribution in [3.05, 3.63) is 24.0 Å². The lowest BCUT2D eigenvalue weighted by molar-refractivity contribution is -0.109. The molecular formula is C19H29F2N3O2. The van der Waals surface area contributed by atoms with Crippen LogP contribution in [0.1, 0.15) is 44.9 Å². The standard InChI is InChI=1S/C19H29F2N3O2/c1-23-18(22)24-19(9-10-25,12-14-5-3-2-4-6-14)13-26-15-7-8-16(20)17(21)11-15/h7-8,10-11,14,16-17H,2-6,9,12-13H2,1H3,(H3,22,23,24). The molecular weight excluding hydrogens is 340 g/mol. The van der Waals surface area contributed by atoms with Gasteiger partial charge in [0, 0.05) is 13.5 Å². The van der Waals surface area contributed by atoms with Gasteiger partial charge >= 0.3 is 0 Å². The van der Waals surface area contributed by atoms with Crippen LogP contribution in [0.3, 0.4) is 0 Å². The van der Waals surface area contributed by atoms with Gasteiger partial charge in [-0.2, -0.15) is 0 Å². The van der Waals surface area contributed by atoms with E-state index >= 15 is 0 Å². The number of ether oxygens (including phenoxy) is 1. The number of carbonyl (C=O) groups excluding carboxylic acids is 1. The summed E-state index contributed by atoms with van der Waals surface area (Å²) in [5.74, 6) is 0.954. The summed E-state index contributed by atoms with van der Waals surface area (Å²) in [6.07, 6.45) is 7.84. The van der Waals surface area contributed by atoms with Gasteiger partial charge in [-0.05, 0) is 30.6 Å². The van der Waals surface area contributed by atoms with Crippen molar-refractivity contribution in [2.45, 2.75) is 62.8 Å². The zero-order chi connectivity index (χ0) is 19.0. The van der Waals surface area contributed by atoms with Gasteiger partial charge in [-0.3, -0.25) is 4.99 Å². The second-order valence-electron chi connectivity index (χ2n) is 7.20. The summed E-state index contributed by atoms with van der Waals surface area (Å²) in [5.41, 5.74) is 5.15. The molecule has 1 saturated carbocycles. The number of alkyl halides is 2. The van der Waals surface area contributed by atoms with Crippen LogP contribution in [0.15, 0.2) is 29.0 Å². The molecule has 5 nitrogen and oxygen atoms in total. The molecule has 7 heteroatoms. The fourth-order valence-electron chi connectivity index (χ4n) is 3.69. The maximum Gasteiger partial charge on any atom is 0.188 e. The Morgan fingerprint density at radius 3 is 2.73 bits per heavy atom. The summed E-state index contributed by atoms with van der Waals surface area (Å²) in [4.78, 5) is 15.3. The van der Waals surface area contributed by atoms with Crippen molar-refractivity contribution in [1.29, 1.82) is 0 Å². The molecule has 0 aromatic rings. The third-order valence-corrected chi connectivity index (χ3v) is 5.10. The average molecular weight is 369 g/mol. The lowest BCUT2D eigenvalue weighted by atomic mass is 9.78. The summed E-state index contributed by atoms with van der Waals surface area (Å²) in [7, 11) is 1.57. The van der Waals surface area contributed by atoms with Crippen molar-refractivity contribution in [3.63, 3.8) is 0 Å². The number of nitrogens with two attached hydrogens (primary N) is 1. The molecule has 0 aliphatic heterocycles. The molecule has 0 spiro atoms. The number of hydrogen-bond acceptors (Lipinski definition) is 3. The van der Waals surface area contributed by atoms with Gasteiger partial charge in [0.05, 0.1) is 5.54 Å². The molecule has 0 saturated heterocycles. The van der Waals surface area contributed by atoms with E-state index in [4.69, 9.17) is 10.5 Å². The van der Waals surface area contributed by atoms with Crippen LogP contribution in [-0.2, 0) is 9.53 Å². The van der Waals surface area contributed by atoms with Gasteiger partial charge in [0.25, 0.3) is 0 Å². The number of carbonyl (C=O) groups is 1. The fourth-order valence-corrected chi connectivity index (χ4v) is 3.69. The van der Waals surface area contributed by atoms with Gasteiger partial charge in [0.2, 0.25) is 0 Å². The Bertz CT molecular complexity index is 559. The quantitative estimate of drug-likeness (QED) is 0.392. The lowest BCUT2D eigenvalue weighted by Gasteiger charge is -2.38. The summed E-state index contributed by atoms with van der Waals surface area (Å²) >= 11 is 0.